The van der Waals surface area contributed by atoms with Gasteiger partial charge in [-0.15, -0.1) is 0 Å². The van der Waals surface area contributed by atoms with Crippen LogP contribution in [0.15, 0.2) is 48.7 Å². The van der Waals surface area contributed by atoms with Crippen molar-refractivity contribution in [2.75, 3.05) is 13.2 Å². The molecule has 156 valence electrons. The molecule has 1 aliphatic heterocycles. The lowest BCUT2D eigenvalue weighted by molar-refractivity contribution is 0.223. The van der Waals surface area contributed by atoms with E-state index < -0.39 is 0 Å². The minimum absolute atomic E-state index is 0.0381. The van der Waals surface area contributed by atoms with Gasteiger partial charge in [0.15, 0.2) is 5.11 Å². The van der Waals surface area contributed by atoms with Crippen LogP contribution in [0.1, 0.15) is 45.9 Å². The molecule has 5 nitrogen and oxygen atoms in total. The first-order valence-electron chi connectivity index (χ1n) is 10.3. The number of hydrogen-bond donors (Lipinski definition) is 2. The Morgan fingerprint density at radius 1 is 1.07 bits per heavy atom. The summed E-state index contributed by atoms with van der Waals surface area (Å²) in [6, 6.07) is 14.5. The van der Waals surface area contributed by atoms with E-state index in [1.807, 2.05) is 24.4 Å². The third-order valence-corrected chi connectivity index (χ3v) is 6.34. The SMILES string of the molecule is Cc1cccc(C)c1-n1c(C)cc([C@@H]2[C@H](c3ccccn3)NC(=S)N2CCO)c1C. The number of thiocarbonyl (C=S) groups is 1. The van der Waals surface area contributed by atoms with E-state index in [0.717, 1.165) is 5.69 Å². The summed E-state index contributed by atoms with van der Waals surface area (Å²) in [7, 11) is 0. The zero-order chi connectivity index (χ0) is 21.4. The molecule has 2 atom stereocenters. The predicted molar refractivity (Wildman–Crippen MR) is 124 cm³/mol. The smallest absolute Gasteiger partial charge is 0.170 e. The van der Waals surface area contributed by atoms with Gasteiger partial charge in [0.2, 0.25) is 0 Å². The molecule has 30 heavy (non-hydrogen) atoms. The second kappa shape index (κ2) is 8.20. The molecule has 1 saturated heterocycles. The van der Waals surface area contributed by atoms with Crippen molar-refractivity contribution in [3.63, 3.8) is 0 Å². The fourth-order valence-electron chi connectivity index (χ4n) is 4.68. The molecular formula is C24H28N4OS. The number of nitrogens with zero attached hydrogens (tertiary/aromatic N) is 3. The van der Waals surface area contributed by atoms with Gasteiger partial charge in [-0.2, -0.15) is 0 Å². The Morgan fingerprint density at radius 2 is 1.80 bits per heavy atom. The van der Waals surface area contributed by atoms with Crippen molar-refractivity contribution < 1.29 is 5.11 Å². The van der Waals surface area contributed by atoms with Crippen molar-refractivity contribution in [2.24, 2.45) is 0 Å². The molecule has 0 aliphatic carbocycles. The Labute approximate surface area is 183 Å². The number of nitrogens with one attached hydrogen (secondary N) is 1. The number of β-amino-alcohol motifs (C(OH)–C–C–N with tert-alkyl or cyclic N) is 1. The number of aryl methyl sites for hydroxylation is 3. The van der Waals surface area contributed by atoms with Gasteiger partial charge in [-0.3, -0.25) is 4.98 Å². The van der Waals surface area contributed by atoms with Gasteiger partial charge in [-0.25, -0.2) is 0 Å². The first-order chi connectivity index (χ1) is 14.4. The molecule has 1 fully saturated rings. The molecule has 0 saturated carbocycles. The van der Waals surface area contributed by atoms with Crippen LogP contribution in [0.2, 0.25) is 0 Å². The van der Waals surface area contributed by atoms with Crippen LogP contribution in [-0.2, 0) is 0 Å². The minimum atomic E-state index is -0.0721. The first-order valence-corrected chi connectivity index (χ1v) is 10.7. The summed E-state index contributed by atoms with van der Waals surface area (Å²) in [5.41, 5.74) is 8.24. The van der Waals surface area contributed by atoms with Crippen molar-refractivity contribution in [3.8, 4) is 5.69 Å². The van der Waals surface area contributed by atoms with E-state index in [1.54, 1.807) is 0 Å². The van der Waals surface area contributed by atoms with Gasteiger partial charge < -0.3 is 19.9 Å². The maximum atomic E-state index is 9.70. The van der Waals surface area contributed by atoms with E-state index >= 15 is 0 Å². The summed E-state index contributed by atoms with van der Waals surface area (Å²) in [5.74, 6) is 0. The Kier molecular flexibility index (Phi) is 5.62. The van der Waals surface area contributed by atoms with Crippen LogP contribution in [0.25, 0.3) is 5.69 Å². The van der Waals surface area contributed by atoms with Gasteiger partial charge >= 0.3 is 0 Å². The number of aromatic nitrogens is 2. The monoisotopic (exact) mass is 420 g/mol. The number of benzene rings is 1. The van der Waals surface area contributed by atoms with Crippen molar-refractivity contribution in [1.82, 2.24) is 19.8 Å². The first kappa shape index (κ1) is 20.6. The number of pyridine rings is 1. The van der Waals surface area contributed by atoms with Crippen LogP contribution in [0, 0.1) is 27.7 Å². The molecule has 2 aromatic heterocycles. The average Bonchev–Trinajstić information content (AvgIpc) is 3.20. The molecule has 0 unspecified atom stereocenters. The topological polar surface area (TPSA) is 53.3 Å². The van der Waals surface area contributed by atoms with E-state index in [9.17, 15) is 5.11 Å². The van der Waals surface area contributed by atoms with E-state index in [4.69, 9.17) is 12.2 Å². The van der Waals surface area contributed by atoms with Gasteiger partial charge in [-0.05, 0) is 74.8 Å². The summed E-state index contributed by atoms with van der Waals surface area (Å²) in [6.07, 6.45) is 1.81. The minimum Gasteiger partial charge on any atom is -0.395 e. The van der Waals surface area contributed by atoms with E-state index in [1.165, 1.54) is 33.8 Å². The maximum Gasteiger partial charge on any atom is 0.170 e. The Bertz CT molecular complexity index is 1060. The lowest BCUT2D eigenvalue weighted by Crippen LogP contribution is -2.32. The highest BCUT2D eigenvalue weighted by atomic mass is 32.1. The molecule has 0 spiro atoms. The Balaban J connectivity index is 1.87. The maximum absolute atomic E-state index is 9.70. The van der Waals surface area contributed by atoms with Crippen LogP contribution in [-0.4, -0.2) is 37.8 Å². The fraction of sp³-hybridized carbons (Fsp3) is 0.333. The molecule has 3 heterocycles. The van der Waals surface area contributed by atoms with Crippen LogP contribution >= 0.6 is 12.2 Å². The number of para-hydroxylation sites is 1. The summed E-state index contributed by atoms with van der Waals surface area (Å²) in [6.45, 7) is 9.15. The van der Waals surface area contributed by atoms with Crippen molar-refractivity contribution in [1.29, 1.82) is 0 Å². The number of aliphatic hydroxyl groups is 1. The number of hydrogen-bond acceptors (Lipinski definition) is 3. The van der Waals surface area contributed by atoms with Gasteiger partial charge in [0.25, 0.3) is 0 Å². The van der Waals surface area contributed by atoms with Crippen molar-refractivity contribution in [3.05, 3.63) is 82.4 Å². The van der Waals surface area contributed by atoms with Gasteiger partial charge in [-0.1, -0.05) is 24.3 Å². The van der Waals surface area contributed by atoms with Crippen LogP contribution in [0.4, 0.5) is 0 Å². The summed E-state index contributed by atoms with van der Waals surface area (Å²) >= 11 is 5.65. The van der Waals surface area contributed by atoms with Crippen LogP contribution in [0.5, 0.6) is 0 Å². The Hall–Kier alpha value is -2.70. The number of aliphatic hydroxyl groups excluding tert-OH is 1. The second-order valence-electron chi connectivity index (χ2n) is 7.95. The van der Waals surface area contributed by atoms with Gasteiger partial charge in [0.05, 0.1) is 30.1 Å². The highest BCUT2D eigenvalue weighted by Crippen LogP contribution is 2.41. The lowest BCUT2D eigenvalue weighted by Gasteiger charge is -2.27. The van der Waals surface area contributed by atoms with E-state index in [0.29, 0.717) is 11.7 Å². The molecule has 0 amide bonds. The highest BCUT2D eigenvalue weighted by molar-refractivity contribution is 7.80. The zero-order valence-corrected chi connectivity index (χ0v) is 18.7. The lowest BCUT2D eigenvalue weighted by atomic mass is 9.96. The van der Waals surface area contributed by atoms with Crippen LogP contribution < -0.4 is 5.32 Å². The molecule has 3 aromatic rings. The van der Waals surface area contributed by atoms with E-state index in [-0.39, 0.29) is 18.7 Å². The molecule has 1 aliphatic rings. The molecular weight excluding hydrogens is 392 g/mol. The summed E-state index contributed by atoms with van der Waals surface area (Å²) in [5, 5.41) is 13.8. The summed E-state index contributed by atoms with van der Waals surface area (Å²) < 4.78 is 2.34. The fourth-order valence-corrected chi connectivity index (χ4v) is 5.01. The zero-order valence-electron chi connectivity index (χ0n) is 17.9. The predicted octanol–water partition coefficient (Wildman–Crippen LogP) is 4.07. The van der Waals surface area contributed by atoms with Crippen molar-refractivity contribution >= 4 is 17.3 Å². The summed E-state index contributed by atoms with van der Waals surface area (Å²) in [4.78, 5) is 6.68. The quantitative estimate of drug-likeness (QED) is 0.610. The van der Waals surface area contributed by atoms with E-state index in [2.05, 4.69) is 71.7 Å². The second-order valence-corrected chi connectivity index (χ2v) is 8.33. The van der Waals surface area contributed by atoms with Crippen LogP contribution in [0.3, 0.4) is 0 Å². The molecule has 6 heteroatoms. The molecule has 2 N–H and O–H groups in total. The largest absolute Gasteiger partial charge is 0.395 e. The molecule has 0 radical (unpaired) electrons. The third kappa shape index (κ3) is 3.40. The molecule has 1 aromatic carbocycles. The molecule has 4 rings (SSSR count). The van der Waals surface area contributed by atoms with Gasteiger partial charge in [0.1, 0.15) is 0 Å². The van der Waals surface area contributed by atoms with Gasteiger partial charge in [0, 0.05) is 24.1 Å². The number of rotatable bonds is 5. The molecule has 0 bridgehead atoms. The third-order valence-electron chi connectivity index (χ3n) is 5.99. The average molecular weight is 421 g/mol. The normalized spacial score (nSPS) is 18.7. The highest BCUT2D eigenvalue weighted by Gasteiger charge is 2.41. The van der Waals surface area contributed by atoms with Crippen molar-refractivity contribution in [2.45, 2.75) is 39.8 Å². The Morgan fingerprint density at radius 3 is 2.43 bits per heavy atom. The standard InChI is InChI=1S/C24H28N4OS/c1-15-8-7-9-16(2)22(15)28-17(3)14-19(18(28)4)23-21(20-10-5-6-11-25-20)26-24(30)27(23)12-13-29/h5-11,14,21,23,29H,12-13H2,1-4H3,(H,26,30)/t21-,23+/m0/s1.